The third-order valence-corrected chi connectivity index (χ3v) is 9.12. The van der Waals surface area contributed by atoms with Crippen molar-refractivity contribution < 1.29 is 34.2 Å². The largest absolute Gasteiger partial charge is 0.481 e. The van der Waals surface area contributed by atoms with Crippen LogP contribution >= 0.6 is 11.8 Å². The van der Waals surface area contributed by atoms with Crippen molar-refractivity contribution in [1.82, 2.24) is 20.6 Å². The van der Waals surface area contributed by atoms with Crippen LogP contribution in [0.15, 0.2) is 52.4 Å². The van der Waals surface area contributed by atoms with Crippen molar-refractivity contribution in [2.24, 2.45) is 0 Å². The minimum absolute atomic E-state index is 0.0857. The standard InChI is InChI=1S/C34H38N4O7S/c1-7-23-17(3)33(44)38-28(23)14-26-16(2)24(9-11-31(42)43)29(36-26)15-27-21(8-10-30(40)41)12-22(35-27)13-25-18(4)32(34(45)37-25)19(5)46-20(6)39/h7,12-14,19,35-36H,1,8-11,15H2,2-6H3,(H,37,45)(H,38,44)(H,40,41)(H,42,43)/b25-13+,28-14+/t19-/m1/s1. The van der Waals surface area contributed by atoms with E-state index < -0.39 is 11.9 Å². The van der Waals surface area contributed by atoms with Gasteiger partial charge in [-0.25, -0.2) is 0 Å². The summed E-state index contributed by atoms with van der Waals surface area (Å²) in [7, 11) is 0. The summed E-state index contributed by atoms with van der Waals surface area (Å²) in [5, 5.41) is 24.2. The highest BCUT2D eigenvalue weighted by Crippen LogP contribution is 2.32. The lowest BCUT2D eigenvalue weighted by atomic mass is 10.00. The Bertz CT molecular complexity index is 1780. The Morgan fingerprint density at radius 2 is 1.57 bits per heavy atom. The third kappa shape index (κ3) is 7.51. The molecule has 6 N–H and O–H groups in total. The van der Waals surface area contributed by atoms with E-state index in [1.165, 1.54) is 6.92 Å². The Kier molecular flexibility index (Phi) is 10.4. The third-order valence-electron chi connectivity index (χ3n) is 8.20. The van der Waals surface area contributed by atoms with Crippen LogP contribution in [0.3, 0.4) is 0 Å². The SMILES string of the molecule is C=CC1=C(C)C(=O)N/C1=C/c1[nH]c(Cc2[nH]c(/C=C3/NC(=O)C([C@@H](C)SC(C)=O)=C3C)cc2CCC(=O)O)c(CCC(=O)O)c1C. The second-order valence-electron chi connectivity index (χ2n) is 11.4. The van der Waals surface area contributed by atoms with Crippen LogP contribution in [0, 0.1) is 6.92 Å². The molecule has 12 heteroatoms. The Hall–Kier alpha value is -4.84. The van der Waals surface area contributed by atoms with Crippen molar-refractivity contribution in [2.45, 2.75) is 72.0 Å². The number of rotatable bonds is 13. The van der Waals surface area contributed by atoms with Gasteiger partial charge in [0.25, 0.3) is 11.8 Å². The second-order valence-corrected chi connectivity index (χ2v) is 12.9. The fraction of sp³-hybridized carbons (Fsp3) is 0.324. The van der Waals surface area contributed by atoms with Crippen molar-refractivity contribution in [1.29, 1.82) is 0 Å². The number of aromatic nitrogens is 2. The number of thioether (sulfide) groups is 1. The number of amides is 2. The highest BCUT2D eigenvalue weighted by molar-refractivity contribution is 8.14. The minimum Gasteiger partial charge on any atom is -0.481 e. The second kappa shape index (κ2) is 14.1. The van der Waals surface area contributed by atoms with Gasteiger partial charge < -0.3 is 30.8 Å². The highest BCUT2D eigenvalue weighted by Gasteiger charge is 2.30. The van der Waals surface area contributed by atoms with Gasteiger partial charge in [0.05, 0.1) is 5.70 Å². The summed E-state index contributed by atoms with van der Waals surface area (Å²) >= 11 is 1.09. The number of aliphatic carboxylic acids is 2. The lowest BCUT2D eigenvalue weighted by Gasteiger charge is -2.08. The molecule has 0 saturated heterocycles. The molecule has 2 aliphatic rings. The van der Waals surface area contributed by atoms with Gasteiger partial charge in [0.15, 0.2) is 5.12 Å². The molecule has 2 amide bonds. The maximum Gasteiger partial charge on any atom is 0.303 e. The molecule has 242 valence electrons. The van der Waals surface area contributed by atoms with Gasteiger partial charge in [0.1, 0.15) is 0 Å². The molecule has 1 atom stereocenters. The lowest BCUT2D eigenvalue weighted by molar-refractivity contribution is -0.138. The molecule has 0 radical (unpaired) electrons. The predicted molar refractivity (Wildman–Crippen MR) is 177 cm³/mol. The summed E-state index contributed by atoms with van der Waals surface area (Å²) in [5.41, 5.74) is 8.96. The predicted octanol–water partition coefficient (Wildman–Crippen LogP) is 4.71. The molecule has 0 bridgehead atoms. The van der Waals surface area contributed by atoms with E-state index in [9.17, 15) is 34.2 Å². The Morgan fingerprint density at radius 3 is 2.20 bits per heavy atom. The molecule has 0 fully saturated rings. The molecule has 0 aliphatic carbocycles. The Balaban J connectivity index is 1.75. The molecule has 2 aromatic rings. The van der Waals surface area contributed by atoms with E-state index in [0.29, 0.717) is 45.9 Å². The number of H-pyrrole nitrogens is 2. The van der Waals surface area contributed by atoms with E-state index >= 15 is 0 Å². The first-order valence-corrected chi connectivity index (χ1v) is 15.7. The number of carboxylic acid groups (broad SMARTS) is 2. The first-order valence-electron chi connectivity index (χ1n) is 14.8. The molecule has 0 aromatic carbocycles. The molecule has 0 saturated carbocycles. The van der Waals surface area contributed by atoms with E-state index in [1.807, 2.05) is 32.9 Å². The highest BCUT2D eigenvalue weighted by atomic mass is 32.2. The Morgan fingerprint density at radius 1 is 0.913 bits per heavy atom. The number of aromatic amines is 2. The maximum absolute atomic E-state index is 12.8. The summed E-state index contributed by atoms with van der Waals surface area (Å²) in [6, 6.07) is 1.85. The quantitative estimate of drug-likeness (QED) is 0.181. The Labute approximate surface area is 271 Å². The van der Waals surface area contributed by atoms with Crippen LogP contribution in [-0.2, 0) is 43.2 Å². The van der Waals surface area contributed by atoms with E-state index in [2.05, 4.69) is 27.2 Å². The van der Waals surface area contributed by atoms with Gasteiger partial charge in [-0.2, -0.15) is 0 Å². The summed E-state index contributed by atoms with van der Waals surface area (Å²) < 4.78 is 0. The fourth-order valence-corrected chi connectivity index (χ4v) is 6.75. The van der Waals surface area contributed by atoms with Crippen LogP contribution < -0.4 is 10.6 Å². The van der Waals surface area contributed by atoms with Gasteiger partial charge in [0, 0.05) is 76.6 Å². The average molecular weight is 647 g/mol. The number of hydrogen-bond donors (Lipinski definition) is 6. The van der Waals surface area contributed by atoms with Crippen LogP contribution in [0.2, 0.25) is 0 Å². The van der Waals surface area contributed by atoms with Crippen molar-refractivity contribution in [3.05, 3.63) is 91.9 Å². The topological polar surface area (TPSA) is 181 Å². The molecule has 11 nitrogen and oxygen atoms in total. The number of carbonyl (C=O) groups is 5. The summed E-state index contributed by atoms with van der Waals surface area (Å²) in [6.45, 7) is 12.5. The van der Waals surface area contributed by atoms with E-state index in [1.54, 1.807) is 19.1 Å². The zero-order valence-electron chi connectivity index (χ0n) is 26.5. The van der Waals surface area contributed by atoms with Gasteiger partial charge in [0.2, 0.25) is 0 Å². The number of carboxylic acids is 2. The smallest absolute Gasteiger partial charge is 0.303 e. The molecule has 0 unspecified atom stereocenters. The van der Waals surface area contributed by atoms with Gasteiger partial charge in [-0.15, -0.1) is 0 Å². The number of carbonyl (C=O) groups excluding carboxylic acids is 3. The number of nitrogens with one attached hydrogen (secondary N) is 4. The van der Waals surface area contributed by atoms with Gasteiger partial charge in [-0.1, -0.05) is 24.4 Å². The van der Waals surface area contributed by atoms with Crippen molar-refractivity contribution in [3.8, 4) is 0 Å². The lowest BCUT2D eigenvalue weighted by Crippen LogP contribution is -2.20. The first kappa shape index (κ1) is 34.0. The average Bonchev–Trinajstić information content (AvgIpc) is 3.65. The van der Waals surface area contributed by atoms with Gasteiger partial charge >= 0.3 is 11.9 Å². The van der Waals surface area contributed by atoms with Crippen molar-refractivity contribution >= 4 is 52.8 Å². The molecule has 4 rings (SSSR count). The fourth-order valence-electron chi connectivity index (χ4n) is 5.85. The van der Waals surface area contributed by atoms with Crippen LogP contribution in [0.4, 0.5) is 0 Å². The maximum atomic E-state index is 12.8. The number of aryl methyl sites for hydroxylation is 1. The molecular weight excluding hydrogens is 608 g/mol. The normalized spacial score (nSPS) is 17.2. The van der Waals surface area contributed by atoms with E-state index in [0.717, 1.165) is 45.4 Å². The minimum atomic E-state index is -0.942. The van der Waals surface area contributed by atoms with E-state index in [-0.39, 0.29) is 47.9 Å². The first-order chi connectivity index (χ1) is 21.7. The van der Waals surface area contributed by atoms with Crippen LogP contribution in [-0.4, -0.2) is 54.3 Å². The molecule has 0 spiro atoms. The van der Waals surface area contributed by atoms with Crippen molar-refractivity contribution in [3.63, 3.8) is 0 Å². The molecule has 2 aromatic heterocycles. The zero-order chi connectivity index (χ0) is 33.9. The van der Waals surface area contributed by atoms with Gasteiger partial charge in [-0.3, -0.25) is 24.0 Å². The van der Waals surface area contributed by atoms with Crippen LogP contribution in [0.5, 0.6) is 0 Å². The van der Waals surface area contributed by atoms with E-state index in [4.69, 9.17) is 0 Å². The van der Waals surface area contributed by atoms with Crippen LogP contribution in [0.1, 0.15) is 80.0 Å². The summed E-state index contributed by atoms with van der Waals surface area (Å²) in [6.07, 6.45) is 5.88. The summed E-state index contributed by atoms with van der Waals surface area (Å²) in [4.78, 5) is 66.5. The molecule has 46 heavy (non-hydrogen) atoms. The van der Waals surface area contributed by atoms with Gasteiger partial charge in [-0.05, 0) is 81.0 Å². The van der Waals surface area contributed by atoms with Crippen molar-refractivity contribution in [2.75, 3.05) is 0 Å². The monoisotopic (exact) mass is 646 g/mol. The molecule has 4 heterocycles. The van der Waals surface area contributed by atoms with Crippen LogP contribution in [0.25, 0.3) is 12.2 Å². The number of hydrogen-bond acceptors (Lipinski definition) is 6. The molecule has 2 aliphatic heterocycles. The number of allylic oxidation sites excluding steroid dienone is 2. The summed E-state index contributed by atoms with van der Waals surface area (Å²) in [5.74, 6) is -2.36. The molecular formula is C34H38N4O7S. The zero-order valence-corrected chi connectivity index (χ0v) is 27.3.